The Morgan fingerprint density at radius 3 is 2.30 bits per heavy atom. The Labute approximate surface area is 178 Å². The molecule has 7 nitrogen and oxygen atoms in total. The van der Waals surface area contributed by atoms with Crippen LogP contribution in [0, 0.1) is 0 Å². The van der Waals surface area contributed by atoms with E-state index in [0.717, 1.165) is 15.7 Å². The van der Waals surface area contributed by atoms with E-state index >= 15 is 0 Å². The summed E-state index contributed by atoms with van der Waals surface area (Å²) in [6.45, 7) is 0.638. The maximum atomic E-state index is 12.9. The molecule has 1 aromatic heterocycles. The molecule has 0 radical (unpaired) electrons. The van der Waals surface area contributed by atoms with Gasteiger partial charge in [0, 0.05) is 18.6 Å². The lowest BCUT2D eigenvalue weighted by atomic mass is 10.1. The van der Waals surface area contributed by atoms with E-state index < -0.39 is 17.0 Å². The Morgan fingerprint density at radius 2 is 1.67 bits per heavy atom. The minimum Gasteiger partial charge on any atom is -0.384 e. The minimum absolute atomic E-state index is 0.0222. The number of Topliss-reactive ketones (excluding diaryl/α,β-unsaturated/α-hetero) is 1. The van der Waals surface area contributed by atoms with E-state index in [1.165, 1.54) is 11.6 Å². The molecule has 0 saturated heterocycles. The van der Waals surface area contributed by atoms with Crippen molar-refractivity contribution in [3.63, 3.8) is 0 Å². The molecule has 3 aromatic rings. The van der Waals surface area contributed by atoms with Gasteiger partial charge in [0.2, 0.25) is 0 Å². The SMILES string of the molecule is CN(CC(=O)c1c(N)n(Cc2ccccc2)c(=O)n(C)c1=O)Cc1ccc(Cl)cc1. The fraction of sp³-hybridized carbons (Fsp3) is 0.227. The van der Waals surface area contributed by atoms with Crippen LogP contribution in [-0.4, -0.2) is 33.4 Å². The molecule has 0 bridgehead atoms. The van der Waals surface area contributed by atoms with E-state index in [0.29, 0.717) is 11.6 Å². The predicted molar refractivity (Wildman–Crippen MR) is 118 cm³/mol. The number of hydrogen-bond acceptors (Lipinski definition) is 5. The molecule has 2 N–H and O–H groups in total. The zero-order chi connectivity index (χ0) is 21.8. The normalized spacial score (nSPS) is 11.1. The Bertz CT molecular complexity index is 1170. The van der Waals surface area contributed by atoms with Crippen molar-refractivity contribution in [3.05, 3.63) is 97.1 Å². The first-order valence-corrected chi connectivity index (χ1v) is 9.75. The summed E-state index contributed by atoms with van der Waals surface area (Å²) >= 11 is 5.90. The minimum atomic E-state index is -0.688. The molecule has 0 unspecified atom stereocenters. The Balaban J connectivity index is 1.88. The van der Waals surface area contributed by atoms with Crippen LogP contribution >= 0.6 is 11.6 Å². The maximum absolute atomic E-state index is 12.9. The molecular formula is C22H23ClN4O3. The highest BCUT2D eigenvalue weighted by Gasteiger charge is 2.22. The van der Waals surface area contributed by atoms with Gasteiger partial charge in [-0.15, -0.1) is 0 Å². The van der Waals surface area contributed by atoms with Gasteiger partial charge in [-0.3, -0.25) is 23.6 Å². The standard InChI is InChI=1S/C22H23ClN4O3/c1-25(12-16-8-10-17(23)11-9-16)14-18(28)19-20(24)27(22(30)26(2)21(19)29)13-15-6-4-3-5-7-15/h3-11H,12-14,24H2,1-2H3. The number of nitrogen functional groups attached to an aromatic ring is 1. The van der Waals surface area contributed by atoms with Gasteiger partial charge in [-0.25, -0.2) is 4.79 Å². The molecular weight excluding hydrogens is 404 g/mol. The number of nitrogens with zero attached hydrogens (tertiary/aromatic N) is 3. The topological polar surface area (TPSA) is 90.3 Å². The number of rotatable bonds is 7. The molecule has 0 aliphatic heterocycles. The van der Waals surface area contributed by atoms with Gasteiger partial charge < -0.3 is 5.73 Å². The highest BCUT2D eigenvalue weighted by atomic mass is 35.5. The van der Waals surface area contributed by atoms with Crippen LogP contribution in [-0.2, 0) is 20.1 Å². The Hall–Kier alpha value is -3.16. The summed E-state index contributed by atoms with van der Waals surface area (Å²) in [5.41, 5.74) is 6.53. The quantitative estimate of drug-likeness (QED) is 0.584. The van der Waals surface area contributed by atoms with Crippen molar-refractivity contribution < 1.29 is 4.79 Å². The smallest absolute Gasteiger partial charge is 0.332 e. The molecule has 3 rings (SSSR count). The second-order valence-electron chi connectivity index (χ2n) is 7.20. The third-order valence-corrected chi connectivity index (χ3v) is 5.08. The number of ketones is 1. The highest BCUT2D eigenvalue weighted by Crippen LogP contribution is 2.13. The molecule has 2 aromatic carbocycles. The number of carbonyl (C=O) groups is 1. The summed E-state index contributed by atoms with van der Waals surface area (Å²) in [4.78, 5) is 40.0. The van der Waals surface area contributed by atoms with E-state index in [2.05, 4.69) is 0 Å². The van der Waals surface area contributed by atoms with Crippen molar-refractivity contribution in [2.45, 2.75) is 13.1 Å². The zero-order valence-electron chi connectivity index (χ0n) is 16.8. The van der Waals surface area contributed by atoms with Gasteiger partial charge in [-0.2, -0.15) is 0 Å². The molecule has 156 valence electrons. The lowest BCUT2D eigenvalue weighted by molar-refractivity contribution is 0.0941. The average molecular weight is 427 g/mol. The van der Waals surface area contributed by atoms with Crippen molar-refractivity contribution in [2.24, 2.45) is 7.05 Å². The fourth-order valence-corrected chi connectivity index (χ4v) is 3.37. The molecule has 0 amide bonds. The molecule has 8 heteroatoms. The number of carbonyl (C=O) groups excluding carboxylic acids is 1. The summed E-state index contributed by atoms with van der Waals surface area (Å²) in [6, 6.07) is 16.5. The van der Waals surface area contributed by atoms with Gasteiger partial charge in [-0.1, -0.05) is 54.1 Å². The lowest BCUT2D eigenvalue weighted by Crippen LogP contribution is -2.44. The molecule has 0 saturated carbocycles. The summed E-state index contributed by atoms with van der Waals surface area (Å²) in [7, 11) is 3.12. The number of benzene rings is 2. The number of aromatic nitrogens is 2. The van der Waals surface area contributed by atoms with Gasteiger partial charge in [-0.05, 0) is 30.3 Å². The summed E-state index contributed by atoms with van der Waals surface area (Å²) in [5.74, 6) is -0.553. The number of hydrogen-bond donors (Lipinski definition) is 1. The van der Waals surface area contributed by atoms with Crippen LogP contribution in [0.15, 0.2) is 64.2 Å². The van der Waals surface area contributed by atoms with Crippen LogP contribution in [0.25, 0.3) is 0 Å². The average Bonchev–Trinajstić information content (AvgIpc) is 2.72. The molecule has 0 fully saturated rings. The van der Waals surface area contributed by atoms with Crippen molar-refractivity contribution in [1.82, 2.24) is 14.0 Å². The van der Waals surface area contributed by atoms with Crippen molar-refractivity contribution >= 4 is 23.2 Å². The van der Waals surface area contributed by atoms with Crippen LogP contribution in [0.4, 0.5) is 5.82 Å². The largest absolute Gasteiger partial charge is 0.384 e. The van der Waals surface area contributed by atoms with Gasteiger partial charge >= 0.3 is 5.69 Å². The number of likely N-dealkylation sites (N-methyl/N-ethyl adjacent to an activating group) is 1. The predicted octanol–water partition coefficient (Wildman–Crippen LogP) is 2.15. The molecule has 30 heavy (non-hydrogen) atoms. The van der Waals surface area contributed by atoms with Crippen molar-refractivity contribution in [1.29, 1.82) is 0 Å². The van der Waals surface area contributed by atoms with Crippen LogP contribution in [0.3, 0.4) is 0 Å². The first kappa shape index (κ1) is 21.5. The Morgan fingerprint density at radius 1 is 1.03 bits per heavy atom. The monoisotopic (exact) mass is 426 g/mol. The molecule has 0 spiro atoms. The van der Waals surface area contributed by atoms with Crippen molar-refractivity contribution in [3.8, 4) is 0 Å². The molecule has 0 aliphatic carbocycles. The maximum Gasteiger partial charge on any atom is 0.332 e. The van der Waals surface area contributed by atoms with E-state index in [1.807, 2.05) is 42.5 Å². The number of anilines is 1. The Kier molecular flexibility index (Phi) is 6.54. The van der Waals surface area contributed by atoms with Crippen LogP contribution in [0.5, 0.6) is 0 Å². The lowest BCUT2D eigenvalue weighted by Gasteiger charge is -2.18. The fourth-order valence-electron chi connectivity index (χ4n) is 3.25. The number of halogens is 1. The first-order chi connectivity index (χ1) is 14.3. The second-order valence-corrected chi connectivity index (χ2v) is 7.64. The zero-order valence-corrected chi connectivity index (χ0v) is 17.6. The van der Waals surface area contributed by atoms with Crippen LogP contribution in [0.2, 0.25) is 5.02 Å². The van der Waals surface area contributed by atoms with E-state index in [9.17, 15) is 14.4 Å². The van der Waals surface area contributed by atoms with E-state index in [4.69, 9.17) is 17.3 Å². The first-order valence-electron chi connectivity index (χ1n) is 9.37. The molecule has 0 atom stereocenters. The molecule has 1 heterocycles. The van der Waals surface area contributed by atoms with Crippen LogP contribution < -0.4 is 17.0 Å². The van der Waals surface area contributed by atoms with Crippen molar-refractivity contribution in [2.75, 3.05) is 19.3 Å². The summed E-state index contributed by atoms with van der Waals surface area (Å²) in [6.07, 6.45) is 0. The van der Waals surface area contributed by atoms with Gasteiger partial charge in [0.25, 0.3) is 5.56 Å². The van der Waals surface area contributed by atoms with Gasteiger partial charge in [0.15, 0.2) is 5.78 Å². The third kappa shape index (κ3) is 4.69. The number of nitrogens with two attached hydrogens (primary N) is 1. The molecule has 0 aliphatic rings. The van der Waals surface area contributed by atoms with Crippen LogP contribution in [0.1, 0.15) is 21.5 Å². The second kappa shape index (κ2) is 9.11. The van der Waals surface area contributed by atoms with E-state index in [-0.39, 0.29) is 24.5 Å². The summed E-state index contributed by atoms with van der Waals surface area (Å²) in [5, 5.41) is 0.634. The van der Waals surface area contributed by atoms with E-state index in [1.54, 1.807) is 24.1 Å². The third-order valence-electron chi connectivity index (χ3n) is 4.82. The van der Waals surface area contributed by atoms with Gasteiger partial charge in [0.05, 0.1) is 13.1 Å². The van der Waals surface area contributed by atoms with Gasteiger partial charge in [0.1, 0.15) is 11.4 Å². The highest BCUT2D eigenvalue weighted by molar-refractivity contribution is 6.30. The summed E-state index contributed by atoms with van der Waals surface area (Å²) < 4.78 is 2.18.